The summed E-state index contributed by atoms with van der Waals surface area (Å²) in [5, 5.41) is 0. The molecule has 0 N–H and O–H groups in total. The zero-order chi connectivity index (χ0) is 21.7. The maximum atomic E-state index is 13.9. The summed E-state index contributed by atoms with van der Waals surface area (Å²) >= 11 is 0. The first-order valence-electron chi connectivity index (χ1n) is 7.51. The van der Waals surface area contributed by atoms with Gasteiger partial charge in [-0.2, -0.15) is 26.3 Å². The largest absolute Gasteiger partial charge is 0.403 e. The van der Waals surface area contributed by atoms with Gasteiger partial charge in [-0.15, -0.1) is 13.2 Å². The SMILES string of the molecule is C=CC(C)(C(F)(F)F)C(F)(F)C(C)(C=C)C(F)(F)F.C=Cc1ccccc1. The molecule has 0 bridgehead atoms. The van der Waals surface area contributed by atoms with E-state index in [4.69, 9.17) is 0 Å². The Kier molecular flexibility index (Phi) is 7.62. The quantitative estimate of drug-likeness (QED) is 0.355. The van der Waals surface area contributed by atoms with Crippen LogP contribution in [-0.2, 0) is 0 Å². The maximum absolute atomic E-state index is 13.9. The monoisotopic (exact) mass is 400 g/mol. The second kappa shape index (κ2) is 8.27. The second-order valence-electron chi connectivity index (χ2n) is 6.00. The fourth-order valence-corrected chi connectivity index (χ4v) is 1.97. The molecule has 0 heterocycles. The molecule has 1 aromatic rings. The molecule has 0 aliphatic rings. The highest BCUT2D eigenvalue weighted by Crippen LogP contribution is 2.62. The van der Waals surface area contributed by atoms with Gasteiger partial charge in [0.25, 0.3) is 5.92 Å². The van der Waals surface area contributed by atoms with E-state index >= 15 is 0 Å². The third kappa shape index (κ3) is 4.59. The fraction of sp³-hybridized carbons (Fsp3) is 0.368. The van der Waals surface area contributed by atoms with Crippen molar-refractivity contribution < 1.29 is 35.1 Å². The molecule has 0 saturated carbocycles. The van der Waals surface area contributed by atoms with Crippen LogP contribution < -0.4 is 0 Å². The summed E-state index contributed by atoms with van der Waals surface area (Å²) in [6.45, 7) is 8.75. The fourth-order valence-electron chi connectivity index (χ4n) is 1.97. The van der Waals surface area contributed by atoms with Crippen LogP contribution in [0, 0.1) is 10.8 Å². The van der Waals surface area contributed by atoms with Gasteiger partial charge in [-0.05, 0) is 19.4 Å². The Bertz CT molecular complexity index is 608. The Morgan fingerprint density at radius 2 is 1.00 bits per heavy atom. The Labute approximate surface area is 152 Å². The van der Waals surface area contributed by atoms with Crippen LogP contribution >= 0.6 is 0 Å². The Morgan fingerprint density at radius 3 is 1.19 bits per heavy atom. The van der Waals surface area contributed by atoms with E-state index in [1.807, 2.05) is 36.4 Å². The van der Waals surface area contributed by atoms with Crippen molar-refractivity contribution in [1.82, 2.24) is 0 Å². The molecule has 0 aliphatic carbocycles. The van der Waals surface area contributed by atoms with Crippen LogP contribution in [0.1, 0.15) is 19.4 Å². The van der Waals surface area contributed by atoms with Gasteiger partial charge in [0, 0.05) is 0 Å². The molecule has 8 heteroatoms. The van der Waals surface area contributed by atoms with Crippen molar-refractivity contribution >= 4 is 6.08 Å². The zero-order valence-corrected chi connectivity index (χ0v) is 14.8. The molecule has 0 fully saturated rings. The summed E-state index contributed by atoms with van der Waals surface area (Å²) in [4.78, 5) is 0. The van der Waals surface area contributed by atoms with Crippen molar-refractivity contribution in [2.45, 2.75) is 32.1 Å². The minimum atomic E-state index is -5.60. The Morgan fingerprint density at radius 1 is 0.667 bits per heavy atom. The van der Waals surface area contributed by atoms with Gasteiger partial charge in [0.1, 0.15) is 10.8 Å². The third-order valence-corrected chi connectivity index (χ3v) is 4.33. The minimum absolute atomic E-state index is 0.0342. The zero-order valence-electron chi connectivity index (χ0n) is 14.8. The smallest absolute Gasteiger partial charge is 0.204 e. The van der Waals surface area contributed by atoms with Crippen molar-refractivity contribution in [3.63, 3.8) is 0 Å². The lowest BCUT2D eigenvalue weighted by Gasteiger charge is -2.45. The Balaban J connectivity index is 0.000000694. The van der Waals surface area contributed by atoms with Crippen molar-refractivity contribution in [2.75, 3.05) is 0 Å². The number of hydrogen-bond donors (Lipinski definition) is 0. The molecule has 0 aromatic heterocycles. The van der Waals surface area contributed by atoms with E-state index in [-0.39, 0.29) is 26.0 Å². The van der Waals surface area contributed by atoms with Gasteiger partial charge in [-0.25, -0.2) is 8.78 Å². The topological polar surface area (TPSA) is 0 Å². The normalized spacial score (nSPS) is 16.8. The lowest BCUT2D eigenvalue weighted by atomic mass is 9.68. The second-order valence-corrected chi connectivity index (χ2v) is 6.00. The summed E-state index contributed by atoms with van der Waals surface area (Å²) in [6.07, 6.45) is -9.82. The number of rotatable bonds is 5. The van der Waals surface area contributed by atoms with Gasteiger partial charge < -0.3 is 0 Å². The van der Waals surface area contributed by atoms with E-state index in [2.05, 4.69) is 19.7 Å². The summed E-state index contributed by atoms with van der Waals surface area (Å²) in [5.74, 6) is -5.21. The van der Waals surface area contributed by atoms with E-state index in [0.717, 1.165) is 0 Å². The molecule has 2 atom stereocenters. The number of allylic oxidation sites excluding steroid dienone is 2. The molecule has 0 amide bonds. The lowest BCUT2D eigenvalue weighted by Crippen LogP contribution is -2.61. The molecule has 27 heavy (non-hydrogen) atoms. The molecular formula is C19H20F8. The molecule has 0 saturated heterocycles. The highest BCUT2D eigenvalue weighted by Gasteiger charge is 2.76. The first-order valence-corrected chi connectivity index (χ1v) is 7.51. The molecule has 1 aromatic carbocycles. The summed E-state index contributed by atoms with van der Waals surface area (Å²) in [5.41, 5.74) is -6.91. The first-order chi connectivity index (χ1) is 12.1. The average molecular weight is 400 g/mol. The summed E-state index contributed by atoms with van der Waals surface area (Å²) in [6, 6.07) is 10.0. The number of halogens is 8. The number of hydrogen-bond acceptors (Lipinski definition) is 0. The lowest BCUT2D eigenvalue weighted by molar-refractivity contribution is -0.344. The molecule has 0 nitrogen and oxygen atoms in total. The summed E-state index contributed by atoms with van der Waals surface area (Å²) < 4.78 is 104. The molecule has 152 valence electrons. The van der Waals surface area contributed by atoms with Crippen molar-refractivity contribution in [3.8, 4) is 0 Å². The molecular weight excluding hydrogens is 380 g/mol. The van der Waals surface area contributed by atoms with Crippen molar-refractivity contribution in [2.24, 2.45) is 10.8 Å². The minimum Gasteiger partial charge on any atom is -0.204 e. The predicted molar refractivity (Wildman–Crippen MR) is 90.2 cm³/mol. The predicted octanol–water partition coefficient (Wildman–Crippen LogP) is 7.46. The van der Waals surface area contributed by atoms with Crippen LogP contribution in [-0.4, -0.2) is 18.3 Å². The van der Waals surface area contributed by atoms with E-state index in [0.29, 0.717) is 0 Å². The molecule has 0 spiro atoms. The van der Waals surface area contributed by atoms with E-state index in [9.17, 15) is 35.1 Å². The van der Waals surface area contributed by atoms with Crippen molar-refractivity contribution in [1.29, 1.82) is 0 Å². The van der Waals surface area contributed by atoms with Gasteiger partial charge in [0.15, 0.2) is 0 Å². The maximum Gasteiger partial charge on any atom is 0.403 e. The number of benzene rings is 1. The van der Waals surface area contributed by atoms with Crippen molar-refractivity contribution in [3.05, 3.63) is 67.8 Å². The van der Waals surface area contributed by atoms with Gasteiger partial charge in [0.2, 0.25) is 0 Å². The van der Waals surface area contributed by atoms with Crippen LogP contribution in [0.25, 0.3) is 6.08 Å². The van der Waals surface area contributed by atoms with Crippen LogP contribution in [0.3, 0.4) is 0 Å². The van der Waals surface area contributed by atoms with Gasteiger partial charge in [0.05, 0.1) is 0 Å². The van der Waals surface area contributed by atoms with E-state index in [1.165, 1.54) is 5.56 Å². The standard InChI is InChI=1S/C11H12F8.C8H8/c1-5-7(3,10(14,15)16)9(12,13)8(4,6-2)11(17,18)19;1-2-8-6-4-3-5-7-8/h5-6H,1-2H2,3-4H3;2-7H,1H2. The summed E-state index contributed by atoms with van der Waals surface area (Å²) in [7, 11) is 0. The van der Waals surface area contributed by atoms with Crippen LogP contribution in [0.5, 0.6) is 0 Å². The van der Waals surface area contributed by atoms with Crippen LogP contribution in [0.2, 0.25) is 0 Å². The Hall–Kier alpha value is -2.12. The highest BCUT2D eigenvalue weighted by molar-refractivity contribution is 5.45. The van der Waals surface area contributed by atoms with Gasteiger partial charge in [-0.1, -0.05) is 55.1 Å². The van der Waals surface area contributed by atoms with Gasteiger partial charge in [-0.3, -0.25) is 0 Å². The van der Waals surface area contributed by atoms with E-state index in [1.54, 1.807) is 0 Å². The van der Waals surface area contributed by atoms with Crippen LogP contribution in [0.15, 0.2) is 62.2 Å². The van der Waals surface area contributed by atoms with Gasteiger partial charge >= 0.3 is 12.4 Å². The molecule has 1 rings (SSSR count). The highest BCUT2D eigenvalue weighted by atomic mass is 19.4. The van der Waals surface area contributed by atoms with Crippen LogP contribution in [0.4, 0.5) is 35.1 Å². The molecule has 0 radical (unpaired) electrons. The number of alkyl halides is 8. The average Bonchev–Trinajstić information content (AvgIpc) is 2.59. The van der Waals surface area contributed by atoms with E-state index < -0.39 is 29.1 Å². The first kappa shape index (κ1) is 24.9. The molecule has 2 unspecified atom stereocenters. The third-order valence-electron chi connectivity index (χ3n) is 4.33. The molecule has 0 aliphatic heterocycles.